The molecule has 0 unspecified atom stereocenters. The minimum atomic E-state index is -3.73. The van der Waals surface area contributed by atoms with Crippen molar-refractivity contribution in [3.63, 3.8) is 0 Å². The lowest BCUT2D eigenvalue weighted by molar-refractivity contribution is -0.128. The number of carbonyl (C=O) groups excluding carboxylic acids is 2. The van der Waals surface area contributed by atoms with E-state index in [0.717, 1.165) is 5.56 Å². The van der Waals surface area contributed by atoms with E-state index in [1.807, 2.05) is 6.07 Å². The molecule has 0 bridgehead atoms. The van der Waals surface area contributed by atoms with Crippen LogP contribution in [0.15, 0.2) is 65.9 Å². The van der Waals surface area contributed by atoms with Gasteiger partial charge in [0.1, 0.15) is 16.2 Å². The molecule has 4 N–H and O–H groups in total. The summed E-state index contributed by atoms with van der Waals surface area (Å²) in [6.07, 6.45) is 1.13. The molecule has 0 aromatic heterocycles. The summed E-state index contributed by atoms with van der Waals surface area (Å²) in [5, 5.41) is 22.8. The standard InChI is InChI=1S/C26H28N6O4S/c1-29-23-21(22(28)24(33)30-16-19-9-7-18(15-27)8-10-19)11-14-32(25(23)34)17-26(12-13-26)37(35,36)31-20-5-3-2-4-6-20/h2-10,28-29,31H,11-14,16-17H2,1H3,(H,30,33). The Morgan fingerprint density at radius 3 is 2.41 bits per heavy atom. The Balaban J connectivity index is 1.43. The summed E-state index contributed by atoms with van der Waals surface area (Å²) in [4.78, 5) is 27.4. The summed E-state index contributed by atoms with van der Waals surface area (Å²) in [7, 11) is -2.19. The number of anilines is 1. The number of nitrogens with one attached hydrogen (secondary N) is 4. The van der Waals surface area contributed by atoms with Gasteiger partial charge < -0.3 is 15.5 Å². The van der Waals surface area contributed by atoms with Gasteiger partial charge >= 0.3 is 0 Å². The molecule has 0 spiro atoms. The second kappa shape index (κ2) is 10.4. The second-order valence-electron chi connectivity index (χ2n) is 9.10. The van der Waals surface area contributed by atoms with Crippen LogP contribution >= 0.6 is 0 Å². The Morgan fingerprint density at radius 1 is 1.14 bits per heavy atom. The molecule has 4 rings (SSSR count). The number of nitrogens with zero attached hydrogens (tertiary/aromatic N) is 2. The number of nitriles is 1. The molecule has 0 atom stereocenters. The van der Waals surface area contributed by atoms with Crippen LogP contribution in [0, 0.1) is 16.7 Å². The highest BCUT2D eigenvalue weighted by Gasteiger charge is 2.56. The van der Waals surface area contributed by atoms with E-state index in [2.05, 4.69) is 15.4 Å². The van der Waals surface area contributed by atoms with Crippen LogP contribution in [0.4, 0.5) is 5.69 Å². The molecule has 1 saturated carbocycles. The molecule has 1 aliphatic heterocycles. The molecule has 0 radical (unpaired) electrons. The molecule has 0 saturated heterocycles. The number of likely N-dealkylation sites (N-methyl/N-ethyl adjacent to an activating group) is 1. The molecule has 2 aliphatic rings. The van der Waals surface area contributed by atoms with Gasteiger partial charge in [0.2, 0.25) is 10.0 Å². The van der Waals surface area contributed by atoms with E-state index >= 15 is 0 Å². The Bertz CT molecular complexity index is 1390. The van der Waals surface area contributed by atoms with Gasteiger partial charge in [-0.25, -0.2) is 8.42 Å². The predicted octanol–water partition coefficient (Wildman–Crippen LogP) is 1.87. The van der Waals surface area contributed by atoms with E-state index in [0.29, 0.717) is 24.1 Å². The molecule has 2 amide bonds. The van der Waals surface area contributed by atoms with Crippen LogP contribution in [0.3, 0.4) is 0 Å². The fraction of sp³-hybridized carbons (Fsp3) is 0.308. The summed E-state index contributed by atoms with van der Waals surface area (Å²) in [6, 6.07) is 17.4. The molecule has 2 aromatic rings. The van der Waals surface area contributed by atoms with E-state index < -0.39 is 26.6 Å². The zero-order valence-corrected chi connectivity index (χ0v) is 21.2. The van der Waals surface area contributed by atoms with Crippen molar-refractivity contribution in [2.45, 2.75) is 30.6 Å². The first-order chi connectivity index (χ1) is 17.7. The van der Waals surface area contributed by atoms with Crippen LogP contribution in [-0.4, -0.2) is 55.7 Å². The van der Waals surface area contributed by atoms with Gasteiger partial charge in [0.25, 0.3) is 11.8 Å². The van der Waals surface area contributed by atoms with Crippen molar-refractivity contribution in [3.8, 4) is 6.07 Å². The minimum Gasteiger partial charge on any atom is -0.383 e. The van der Waals surface area contributed by atoms with Gasteiger partial charge in [0.05, 0.1) is 11.6 Å². The molecule has 2 aromatic carbocycles. The summed E-state index contributed by atoms with van der Waals surface area (Å²) < 4.78 is 27.8. The first-order valence-electron chi connectivity index (χ1n) is 11.8. The Labute approximate surface area is 215 Å². The van der Waals surface area contributed by atoms with Gasteiger partial charge in [-0.3, -0.25) is 19.7 Å². The van der Waals surface area contributed by atoms with Crippen molar-refractivity contribution < 1.29 is 18.0 Å². The Kier molecular flexibility index (Phi) is 7.31. The van der Waals surface area contributed by atoms with Crippen molar-refractivity contribution in [3.05, 3.63) is 77.0 Å². The number of para-hydroxylation sites is 1. The highest BCUT2D eigenvalue weighted by atomic mass is 32.2. The highest BCUT2D eigenvalue weighted by Crippen LogP contribution is 2.45. The molecule has 1 heterocycles. The van der Waals surface area contributed by atoms with E-state index in [1.54, 1.807) is 61.6 Å². The lowest BCUT2D eigenvalue weighted by Crippen LogP contribution is -2.49. The van der Waals surface area contributed by atoms with E-state index in [9.17, 15) is 18.0 Å². The summed E-state index contributed by atoms with van der Waals surface area (Å²) in [5.74, 6) is -1.06. The van der Waals surface area contributed by atoms with Crippen molar-refractivity contribution in [2.75, 3.05) is 24.9 Å². The molecule has 1 fully saturated rings. The molecule has 10 nitrogen and oxygen atoms in total. The van der Waals surface area contributed by atoms with Crippen LogP contribution < -0.4 is 15.4 Å². The van der Waals surface area contributed by atoms with Gasteiger partial charge in [-0.2, -0.15) is 5.26 Å². The summed E-state index contributed by atoms with van der Waals surface area (Å²) >= 11 is 0. The largest absolute Gasteiger partial charge is 0.383 e. The van der Waals surface area contributed by atoms with E-state index in [1.165, 1.54) is 4.90 Å². The number of rotatable bonds is 10. The summed E-state index contributed by atoms with van der Waals surface area (Å²) in [5.41, 5.74) is 1.84. The monoisotopic (exact) mass is 520 g/mol. The van der Waals surface area contributed by atoms with Crippen molar-refractivity contribution in [2.24, 2.45) is 0 Å². The number of hydrogen-bond donors (Lipinski definition) is 4. The van der Waals surface area contributed by atoms with Crippen LogP contribution in [0.2, 0.25) is 0 Å². The fourth-order valence-corrected chi connectivity index (χ4v) is 5.92. The zero-order chi connectivity index (χ0) is 26.6. The Morgan fingerprint density at radius 2 is 1.81 bits per heavy atom. The highest BCUT2D eigenvalue weighted by molar-refractivity contribution is 7.94. The SMILES string of the molecule is CNC1=C(C(=N)C(=O)NCc2ccc(C#N)cc2)CCN(CC2(S(=O)(=O)Nc3ccccc3)CC2)C1=O. The van der Waals surface area contributed by atoms with Crippen LogP contribution in [0.25, 0.3) is 0 Å². The van der Waals surface area contributed by atoms with E-state index in [-0.39, 0.29) is 43.0 Å². The van der Waals surface area contributed by atoms with Gasteiger partial charge in [-0.15, -0.1) is 0 Å². The first-order valence-corrected chi connectivity index (χ1v) is 13.3. The second-order valence-corrected chi connectivity index (χ2v) is 11.2. The third-order valence-corrected chi connectivity index (χ3v) is 8.81. The maximum Gasteiger partial charge on any atom is 0.270 e. The average Bonchev–Trinajstić information content (AvgIpc) is 3.70. The normalized spacial score (nSPS) is 16.5. The number of carbonyl (C=O) groups is 2. The van der Waals surface area contributed by atoms with Crippen molar-refractivity contribution in [1.29, 1.82) is 10.7 Å². The number of hydrogen-bond acceptors (Lipinski definition) is 7. The van der Waals surface area contributed by atoms with Crippen molar-refractivity contribution in [1.82, 2.24) is 15.5 Å². The minimum absolute atomic E-state index is 0.0324. The van der Waals surface area contributed by atoms with Crippen LogP contribution in [0.1, 0.15) is 30.4 Å². The molecular formula is C26H28N6O4S. The lowest BCUT2D eigenvalue weighted by Gasteiger charge is -2.33. The Hall–Kier alpha value is -4.17. The zero-order valence-electron chi connectivity index (χ0n) is 20.4. The maximum atomic E-state index is 13.3. The molecular weight excluding hydrogens is 492 g/mol. The quantitative estimate of drug-likeness (QED) is 0.351. The van der Waals surface area contributed by atoms with Gasteiger partial charge in [-0.1, -0.05) is 30.3 Å². The number of amides is 2. The lowest BCUT2D eigenvalue weighted by atomic mass is 9.98. The smallest absolute Gasteiger partial charge is 0.270 e. The third kappa shape index (κ3) is 5.49. The number of benzene rings is 2. The van der Waals surface area contributed by atoms with Gasteiger partial charge in [-0.05, 0) is 49.1 Å². The topological polar surface area (TPSA) is 155 Å². The molecule has 192 valence electrons. The predicted molar refractivity (Wildman–Crippen MR) is 139 cm³/mol. The summed E-state index contributed by atoms with van der Waals surface area (Å²) in [6.45, 7) is 0.405. The average molecular weight is 521 g/mol. The van der Waals surface area contributed by atoms with Gasteiger partial charge in [0.15, 0.2) is 0 Å². The number of sulfonamides is 1. The molecule has 11 heteroatoms. The maximum absolute atomic E-state index is 13.3. The third-order valence-electron chi connectivity index (χ3n) is 6.63. The first kappa shape index (κ1) is 25.9. The molecule has 1 aliphatic carbocycles. The molecule has 37 heavy (non-hydrogen) atoms. The fourth-order valence-electron chi connectivity index (χ4n) is 4.29. The van der Waals surface area contributed by atoms with Crippen LogP contribution in [0.5, 0.6) is 0 Å². The van der Waals surface area contributed by atoms with Crippen molar-refractivity contribution >= 4 is 33.2 Å². The van der Waals surface area contributed by atoms with Gasteiger partial charge in [0, 0.05) is 37.9 Å². The van der Waals surface area contributed by atoms with E-state index in [4.69, 9.17) is 10.7 Å². The van der Waals surface area contributed by atoms with Crippen LogP contribution in [-0.2, 0) is 26.2 Å².